The van der Waals surface area contributed by atoms with Gasteiger partial charge in [0.15, 0.2) is 0 Å². The van der Waals surface area contributed by atoms with Gasteiger partial charge in [-0.1, -0.05) is 30.7 Å². The van der Waals surface area contributed by atoms with E-state index in [2.05, 4.69) is 36.2 Å². The molecule has 1 atom stereocenters. The van der Waals surface area contributed by atoms with Crippen LogP contribution in [0.1, 0.15) is 49.1 Å². The zero-order valence-corrected chi connectivity index (χ0v) is 11.9. The molecule has 1 saturated heterocycles. The monoisotopic (exact) mass is 259 g/mol. The second kappa shape index (κ2) is 5.26. The summed E-state index contributed by atoms with van der Waals surface area (Å²) >= 11 is 0. The molecule has 1 N–H and O–H groups in total. The number of aliphatic hydroxyl groups is 1. The van der Waals surface area contributed by atoms with Gasteiger partial charge in [0.2, 0.25) is 0 Å². The largest absolute Gasteiger partial charge is 0.395 e. The Morgan fingerprint density at radius 2 is 2.16 bits per heavy atom. The fourth-order valence-corrected chi connectivity index (χ4v) is 3.70. The molecule has 2 aliphatic rings. The maximum Gasteiger partial charge on any atom is 0.0527 e. The van der Waals surface area contributed by atoms with Crippen LogP contribution in [-0.2, 0) is 5.41 Å². The zero-order valence-electron chi connectivity index (χ0n) is 11.9. The van der Waals surface area contributed by atoms with E-state index < -0.39 is 0 Å². The van der Waals surface area contributed by atoms with Crippen LogP contribution in [-0.4, -0.2) is 36.8 Å². The van der Waals surface area contributed by atoms with Crippen molar-refractivity contribution in [1.82, 2.24) is 4.90 Å². The van der Waals surface area contributed by atoms with E-state index in [1.54, 1.807) is 0 Å². The fraction of sp³-hybridized carbons (Fsp3) is 0.647. The SMILES string of the molecule is CN1CCCC(c2cccc(C3(CO)CCC3)c2)C1. The molecule has 1 saturated carbocycles. The second-order valence-electron chi connectivity index (χ2n) is 6.52. The summed E-state index contributed by atoms with van der Waals surface area (Å²) in [5, 5.41) is 9.73. The average Bonchev–Trinajstić information content (AvgIpc) is 2.39. The molecular formula is C17H25NO. The molecule has 2 nitrogen and oxygen atoms in total. The molecule has 0 radical (unpaired) electrons. The zero-order chi connectivity index (χ0) is 13.3. The van der Waals surface area contributed by atoms with Crippen molar-refractivity contribution in [1.29, 1.82) is 0 Å². The summed E-state index contributed by atoms with van der Waals surface area (Å²) in [4.78, 5) is 2.44. The van der Waals surface area contributed by atoms with E-state index in [9.17, 15) is 5.11 Å². The standard InChI is InChI=1S/C17H25NO/c1-18-10-3-6-15(12-18)14-5-2-7-16(11-14)17(13-19)8-4-9-17/h2,5,7,11,15,19H,3-4,6,8-10,12-13H2,1H3. The molecule has 0 aromatic heterocycles. The molecule has 0 bridgehead atoms. The highest BCUT2D eigenvalue weighted by molar-refractivity contribution is 5.34. The van der Waals surface area contributed by atoms with Gasteiger partial charge in [-0.2, -0.15) is 0 Å². The summed E-state index contributed by atoms with van der Waals surface area (Å²) in [6.07, 6.45) is 6.17. The Hall–Kier alpha value is -0.860. The summed E-state index contributed by atoms with van der Waals surface area (Å²) in [6, 6.07) is 9.05. The number of rotatable bonds is 3. The molecule has 2 fully saturated rings. The first-order chi connectivity index (χ1) is 9.23. The molecule has 1 aliphatic carbocycles. The Balaban J connectivity index is 1.83. The summed E-state index contributed by atoms with van der Waals surface area (Å²) in [7, 11) is 2.22. The van der Waals surface area contributed by atoms with E-state index in [4.69, 9.17) is 0 Å². The van der Waals surface area contributed by atoms with Crippen LogP contribution >= 0.6 is 0 Å². The van der Waals surface area contributed by atoms with Crippen LogP contribution in [0, 0.1) is 0 Å². The smallest absolute Gasteiger partial charge is 0.0527 e. The van der Waals surface area contributed by atoms with Crippen LogP contribution in [0.5, 0.6) is 0 Å². The third-order valence-corrected chi connectivity index (χ3v) is 5.21. The van der Waals surface area contributed by atoms with E-state index in [0.717, 1.165) is 12.8 Å². The van der Waals surface area contributed by atoms with Crippen LogP contribution in [0.15, 0.2) is 24.3 Å². The molecule has 1 aromatic carbocycles. The lowest BCUT2D eigenvalue weighted by Crippen LogP contribution is -2.38. The van der Waals surface area contributed by atoms with Gasteiger partial charge in [-0.05, 0) is 56.3 Å². The van der Waals surface area contributed by atoms with Crippen LogP contribution in [0.3, 0.4) is 0 Å². The third-order valence-electron chi connectivity index (χ3n) is 5.21. The van der Waals surface area contributed by atoms with Crippen molar-refractivity contribution in [2.75, 3.05) is 26.7 Å². The maximum absolute atomic E-state index is 9.73. The van der Waals surface area contributed by atoms with Crippen LogP contribution in [0.4, 0.5) is 0 Å². The number of aliphatic hydroxyl groups excluding tert-OH is 1. The first-order valence-electron chi connectivity index (χ1n) is 7.63. The maximum atomic E-state index is 9.73. The number of hydrogen-bond donors (Lipinski definition) is 1. The van der Waals surface area contributed by atoms with Crippen molar-refractivity contribution in [3.63, 3.8) is 0 Å². The minimum atomic E-state index is 0.0799. The van der Waals surface area contributed by atoms with Crippen LogP contribution in [0.2, 0.25) is 0 Å². The van der Waals surface area contributed by atoms with Crippen LogP contribution < -0.4 is 0 Å². The lowest BCUT2D eigenvalue weighted by molar-refractivity contribution is 0.120. The Kier molecular flexibility index (Phi) is 3.64. The summed E-state index contributed by atoms with van der Waals surface area (Å²) in [6.45, 7) is 2.72. The van der Waals surface area contributed by atoms with E-state index in [0.29, 0.717) is 12.5 Å². The van der Waals surface area contributed by atoms with Gasteiger partial charge in [-0.15, -0.1) is 0 Å². The minimum absolute atomic E-state index is 0.0799. The average molecular weight is 259 g/mol. The minimum Gasteiger partial charge on any atom is -0.395 e. The highest BCUT2D eigenvalue weighted by Gasteiger charge is 2.38. The van der Waals surface area contributed by atoms with Crippen molar-refractivity contribution in [2.45, 2.75) is 43.4 Å². The van der Waals surface area contributed by atoms with Crippen molar-refractivity contribution in [2.24, 2.45) is 0 Å². The summed E-state index contributed by atoms with van der Waals surface area (Å²) < 4.78 is 0. The van der Waals surface area contributed by atoms with Gasteiger partial charge in [0.05, 0.1) is 6.61 Å². The molecule has 1 aromatic rings. The van der Waals surface area contributed by atoms with Crippen molar-refractivity contribution in [3.05, 3.63) is 35.4 Å². The first-order valence-corrected chi connectivity index (χ1v) is 7.63. The molecule has 0 amide bonds. The number of likely N-dealkylation sites (N-methyl/N-ethyl adjacent to an activating group) is 1. The molecule has 3 rings (SSSR count). The molecular weight excluding hydrogens is 234 g/mol. The normalized spacial score (nSPS) is 26.9. The highest BCUT2D eigenvalue weighted by atomic mass is 16.3. The van der Waals surface area contributed by atoms with Crippen molar-refractivity contribution >= 4 is 0 Å². The van der Waals surface area contributed by atoms with Gasteiger partial charge in [-0.25, -0.2) is 0 Å². The van der Waals surface area contributed by atoms with E-state index >= 15 is 0 Å². The Bertz CT molecular complexity index is 433. The van der Waals surface area contributed by atoms with Gasteiger partial charge in [-0.3, -0.25) is 0 Å². The van der Waals surface area contributed by atoms with Gasteiger partial charge in [0.1, 0.15) is 0 Å². The lowest BCUT2D eigenvalue weighted by Gasteiger charge is -2.41. The number of piperidine rings is 1. The van der Waals surface area contributed by atoms with Crippen molar-refractivity contribution < 1.29 is 5.11 Å². The van der Waals surface area contributed by atoms with Gasteiger partial charge in [0.25, 0.3) is 0 Å². The molecule has 1 aliphatic heterocycles. The Labute approximate surface area is 116 Å². The molecule has 1 unspecified atom stereocenters. The number of benzene rings is 1. The van der Waals surface area contributed by atoms with Gasteiger partial charge in [0, 0.05) is 12.0 Å². The lowest BCUT2D eigenvalue weighted by atomic mass is 9.64. The predicted octanol–water partition coefficient (Wildman–Crippen LogP) is 2.91. The van der Waals surface area contributed by atoms with Crippen molar-refractivity contribution in [3.8, 4) is 0 Å². The molecule has 19 heavy (non-hydrogen) atoms. The molecule has 104 valence electrons. The quantitative estimate of drug-likeness (QED) is 0.902. The second-order valence-corrected chi connectivity index (χ2v) is 6.52. The molecule has 2 heteroatoms. The van der Waals surface area contributed by atoms with Crippen LogP contribution in [0.25, 0.3) is 0 Å². The number of nitrogens with zero attached hydrogens (tertiary/aromatic N) is 1. The Morgan fingerprint density at radius 1 is 1.32 bits per heavy atom. The first kappa shape index (κ1) is 13.1. The molecule has 1 heterocycles. The van der Waals surface area contributed by atoms with E-state index in [1.165, 1.54) is 43.5 Å². The topological polar surface area (TPSA) is 23.5 Å². The van der Waals surface area contributed by atoms with Gasteiger partial charge < -0.3 is 10.0 Å². The number of hydrogen-bond acceptors (Lipinski definition) is 2. The Morgan fingerprint density at radius 3 is 2.79 bits per heavy atom. The fourth-order valence-electron chi connectivity index (χ4n) is 3.70. The number of likely N-dealkylation sites (tertiary alicyclic amines) is 1. The summed E-state index contributed by atoms with van der Waals surface area (Å²) in [5.41, 5.74) is 2.92. The third kappa shape index (κ3) is 2.44. The molecule has 0 spiro atoms. The van der Waals surface area contributed by atoms with Gasteiger partial charge >= 0.3 is 0 Å². The van der Waals surface area contributed by atoms with E-state index in [1.807, 2.05) is 0 Å². The predicted molar refractivity (Wildman–Crippen MR) is 78.5 cm³/mol. The highest BCUT2D eigenvalue weighted by Crippen LogP contribution is 2.44. The summed E-state index contributed by atoms with van der Waals surface area (Å²) in [5.74, 6) is 0.675. The van der Waals surface area contributed by atoms with E-state index in [-0.39, 0.29) is 5.41 Å².